The monoisotopic (exact) mass is 159 g/mol. The SMILES string of the molecule is CCOCC(=O)N(C)C(C)C. The van der Waals surface area contributed by atoms with Gasteiger partial charge in [-0.3, -0.25) is 4.79 Å². The summed E-state index contributed by atoms with van der Waals surface area (Å²) in [5.41, 5.74) is 0. The minimum absolute atomic E-state index is 0.0434. The topological polar surface area (TPSA) is 29.5 Å². The summed E-state index contributed by atoms with van der Waals surface area (Å²) in [4.78, 5) is 12.8. The van der Waals surface area contributed by atoms with E-state index >= 15 is 0 Å². The summed E-state index contributed by atoms with van der Waals surface area (Å²) in [5, 5.41) is 0. The summed E-state index contributed by atoms with van der Waals surface area (Å²) >= 11 is 0. The molecule has 0 bridgehead atoms. The van der Waals surface area contributed by atoms with Gasteiger partial charge in [0.25, 0.3) is 0 Å². The van der Waals surface area contributed by atoms with Crippen LogP contribution < -0.4 is 0 Å². The highest BCUT2D eigenvalue weighted by atomic mass is 16.5. The Morgan fingerprint density at radius 3 is 2.45 bits per heavy atom. The third-order valence-corrected chi connectivity index (χ3v) is 1.60. The fourth-order valence-electron chi connectivity index (χ4n) is 0.579. The van der Waals surface area contributed by atoms with E-state index in [0.29, 0.717) is 6.61 Å². The number of nitrogens with zero attached hydrogens (tertiary/aromatic N) is 1. The maximum absolute atomic E-state index is 11.1. The lowest BCUT2D eigenvalue weighted by molar-refractivity contribution is -0.136. The molecular formula is C8H17NO2. The minimum atomic E-state index is 0.0434. The van der Waals surface area contributed by atoms with Crippen molar-refractivity contribution in [3.05, 3.63) is 0 Å². The normalized spacial score (nSPS) is 10.3. The van der Waals surface area contributed by atoms with Gasteiger partial charge in [-0.15, -0.1) is 0 Å². The molecule has 0 saturated heterocycles. The summed E-state index contributed by atoms with van der Waals surface area (Å²) in [5.74, 6) is 0.0434. The summed E-state index contributed by atoms with van der Waals surface area (Å²) in [6.45, 7) is 6.62. The molecule has 0 radical (unpaired) electrons. The molecule has 11 heavy (non-hydrogen) atoms. The molecule has 0 saturated carbocycles. The predicted molar refractivity (Wildman–Crippen MR) is 44.4 cm³/mol. The average Bonchev–Trinajstić information content (AvgIpc) is 1.98. The quantitative estimate of drug-likeness (QED) is 0.609. The lowest BCUT2D eigenvalue weighted by Crippen LogP contribution is -2.35. The first-order chi connectivity index (χ1) is 5.09. The zero-order valence-corrected chi connectivity index (χ0v) is 7.76. The molecule has 0 aliphatic rings. The molecule has 3 heteroatoms. The molecule has 1 amide bonds. The van der Waals surface area contributed by atoms with Crippen molar-refractivity contribution in [1.82, 2.24) is 4.90 Å². The van der Waals surface area contributed by atoms with Gasteiger partial charge in [-0.1, -0.05) is 0 Å². The van der Waals surface area contributed by atoms with E-state index in [1.165, 1.54) is 0 Å². The van der Waals surface area contributed by atoms with Gasteiger partial charge in [0.05, 0.1) is 0 Å². The second kappa shape index (κ2) is 5.13. The van der Waals surface area contributed by atoms with Gasteiger partial charge in [0, 0.05) is 19.7 Å². The number of rotatable bonds is 4. The van der Waals surface area contributed by atoms with Crippen LogP contribution in [0, 0.1) is 0 Å². The van der Waals surface area contributed by atoms with E-state index in [2.05, 4.69) is 0 Å². The standard InChI is InChI=1S/C8H17NO2/c1-5-11-6-8(10)9(4)7(2)3/h7H,5-6H2,1-4H3. The molecule has 0 N–H and O–H groups in total. The van der Waals surface area contributed by atoms with Gasteiger partial charge in [-0.2, -0.15) is 0 Å². The van der Waals surface area contributed by atoms with Crippen molar-refractivity contribution >= 4 is 5.91 Å². The highest BCUT2D eigenvalue weighted by molar-refractivity contribution is 5.77. The van der Waals surface area contributed by atoms with Crippen molar-refractivity contribution in [2.75, 3.05) is 20.3 Å². The molecule has 0 aliphatic heterocycles. The number of ether oxygens (including phenoxy) is 1. The van der Waals surface area contributed by atoms with Gasteiger partial charge in [0.2, 0.25) is 5.91 Å². The molecule has 0 aliphatic carbocycles. The Morgan fingerprint density at radius 2 is 2.09 bits per heavy atom. The molecule has 0 aromatic rings. The Morgan fingerprint density at radius 1 is 1.55 bits per heavy atom. The molecule has 0 rings (SSSR count). The third kappa shape index (κ3) is 3.98. The summed E-state index contributed by atoms with van der Waals surface area (Å²) in [7, 11) is 1.78. The molecule has 0 aromatic heterocycles. The van der Waals surface area contributed by atoms with E-state index in [4.69, 9.17) is 4.74 Å². The highest BCUT2D eigenvalue weighted by Gasteiger charge is 2.10. The molecule has 0 heterocycles. The molecule has 3 nitrogen and oxygen atoms in total. The van der Waals surface area contributed by atoms with E-state index in [9.17, 15) is 4.79 Å². The van der Waals surface area contributed by atoms with Gasteiger partial charge in [0.15, 0.2) is 0 Å². The van der Waals surface area contributed by atoms with E-state index < -0.39 is 0 Å². The molecule has 0 atom stereocenters. The summed E-state index contributed by atoms with van der Waals surface area (Å²) in [6, 6.07) is 0.253. The number of hydrogen-bond acceptors (Lipinski definition) is 2. The van der Waals surface area contributed by atoms with E-state index in [1.54, 1.807) is 11.9 Å². The lowest BCUT2D eigenvalue weighted by atomic mass is 10.3. The van der Waals surface area contributed by atoms with Crippen LogP contribution in [-0.4, -0.2) is 37.1 Å². The van der Waals surface area contributed by atoms with Crippen LogP contribution in [0.2, 0.25) is 0 Å². The van der Waals surface area contributed by atoms with Crippen LogP contribution in [0.3, 0.4) is 0 Å². The average molecular weight is 159 g/mol. The van der Waals surface area contributed by atoms with Crippen molar-refractivity contribution in [3.63, 3.8) is 0 Å². The van der Waals surface area contributed by atoms with Gasteiger partial charge in [0.1, 0.15) is 6.61 Å². The van der Waals surface area contributed by atoms with E-state index in [1.807, 2.05) is 20.8 Å². The van der Waals surface area contributed by atoms with E-state index in [0.717, 1.165) is 0 Å². The lowest BCUT2D eigenvalue weighted by Gasteiger charge is -2.20. The number of likely N-dealkylation sites (N-methyl/N-ethyl adjacent to an activating group) is 1. The molecule has 0 spiro atoms. The largest absolute Gasteiger partial charge is 0.372 e. The molecule has 66 valence electrons. The Labute approximate surface area is 68.3 Å². The second-order valence-electron chi connectivity index (χ2n) is 2.74. The van der Waals surface area contributed by atoms with Crippen LogP contribution >= 0.6 is 0 Å². The Kier molecular flexibility index (Phi) is 4.86. The summed E-state index contributed by atoms with van der Waals surface area (Å²) in [6.07, 6.45) is 0. The van der Waals surface area contributed by atoms with Crippen molar-refractivity contribution in [1.29, 1.82) is 0 Å². The van der Waals surface area contributed by atoms with E-state index in [-0.39, 0.29) is 18.6 Å². The highest BCUT2D eigenvalue weighted by Crippen LogP contribution is 1.94. The smallest absolute Gasteiger partial charge is 0.248 e. The zero-order valence-electron chi connectivity index (χ0n) is 7.76. The van der Waals surface area contributed by atoms with Crippen LogP contribution in [0.1, 0.15) is 20.8 Å². The van der Waals surface area contributed by atoms with Gasteiger partial charge >= 0.3 is 0 Å². The van der Waals surface area contributed by atoms with Gasteiger partial charge in [-0.25, -0.2) is 0 Å². The number of carbonyl (C=O) groups excluding carboxylic acids is 1. The van der Waals surface area contributed by atoms with Crippen LogP contribution in [0.25, 0.3) is 0 Å². The predicted octanol–water partition coefficient (Wildman–Crippen LogP) is 0.890. The van der Waals surface area contributed by atoms with Gasteiger partial charge < -0.3 is 9.64 Å². The molecule has 0 unspecified atom stereocenters. The van der Waals surface area contributed by atoms with Crippen molar-refractivity contribution in [3.8, 4) is 0 Å². The second-order valence-corrected chi connectivity index (χ2v) is 2.74. The Hall–Kier alpha value is -0.570. The summed E-state index contributed by atoms with van der Waals surface area (Å²) < 4.78 is 4.98. The van der Waals surface area contributed by atoms with Gasteiger partial charge in [-0.05, 0) is 20.8 Å². The molecular weight excluding hydrogens is 142 g/mol. The van der Waals surface area contributed by atoms with Crippen molar-refractivity contribution in [2.24, 2.45) is 0 Å². The fraction of sp³-hybridized carbons (Fsp3) is 0.875. The molecule has 0 fully saturated rings. The Balaban J connectivity index is 3.64. The maximum atomic E-state index is 11.1. The first kappa shape index (κ1) is 10.4. The molecule has 0 aromatic carbocycles. The zero-order chi connectivity index (χ0) is 8.85. The minimum Gasteiger partial charge on any atom is -0.372 e. The van der Waals surface area contributed by atoms with Crippen LogP contribution in [0.4, 0.5) is 0 Å². The first-order valence-corrected chi connectivity index (χ1v) is 3.93. The number of amides is 1. The number of carbonyl (C=O) groups is 1. The van der Waals surface area contributed by atoms with Crippen molar-refractivity contribution < 1.29 is 9.53 Å². The number of hydrogen-bond donors (Lipinski definition) is 0. The van der Waals surface area contributed by atoms with Crippen LogP contribution in [-0.2, 0) is 9.53 Å². The third-order valence-electron chi connectivity index (χ3n) is 1.60. The van der Waals surface area contributed by atoms with Crippen LogP contribution in [0.15, 0.2) is 0 Å². The first-order valence-electron chi connectivity index (χ1n) is 3.93. The van der Waals surface area contributed by atoms with Crippen LogP contribution in [0.5, 0.6) is 0 Å². The maximum Gasteiger partial charge on any atom is 0.248 e. The Bertz CT molecular complexity index is 123. The van der Waals surface area contributed by atoms with Crippen molar-refractivity contribution in [2.45, 2.75) is 26.8 Å². The fourth-order valence-corrected chi connectivity index (χ4v) is 0.579.